The Labute approximate surface area is 197 Å². The van der Waals surface area contributed by atoms with Gasteiger partial charge in [0.2, 0.25) is 0 Å². The molecule has 0 radical (unpaired) electrons. The number of carbonyl (C=O) groups excluding carboxylic acids is 2. The van der Waals surface area contributed by atoms with E-state index in [1.54, 1.807) is 0 Å². The number of aldehydes is 2. The third kappa shape index (κ3) is 19.2. The van der Waals surface area contributed by atoms with Gasteiger partial charge in [-0.15, -0.1) is 0 Å². The molecule has 0 unspecified atom stereocenters. The molecule has 0 aliphatic rings. The Morgan fingerprint density at radius 1 is 0.613 bits per heavy atom. The molecule has 0 spiro atoms. The van der Waals surface area contributed by atoms with Crippen molar-refractivity contribution in [1.29, 1.82) is 0 Å². The fourth-order valence-corrected chi connectivity index (χ4v) is 4.02. The Balaban J connectivity index is 0.00000900. The van der Waals surface area contributed by atoms with Gasteiger partial charge in [-0.3, -0.25) is 0 Å². The van der Waals surface area contributed by atoms with Gasteiger partial charge in [-0.25, -0.2) is 0 Å². The lowest BCUT2D eigenvalue weighted by Crippen LogP contribution is -3.00. The third-order valence-electron chi connectivity index (χ3n) is 6.02. The van der Waals surface area contributed by atoms with E-state index < -0.39 is 0 Å². The van der Waals surface area contributed by atoms with Crippen LogP contribution in [0.25, 0.3) is 0 Å². The van der Waals surface area contributed by atoms with Gasteiger partial charge >= 0.3 is 0 Å². The van der Waals surface area contributed by atoms with Gasteiger partial charge in [-0.1, -0.05) is 114 Å². The number of rotatable bonds is 22. The van der Waals surface area contributed by atoms with Crippen LogP contribution in [0, 0.1) is 5.92 Å². The van der Waals surface area contributed by atoms with Crippen molar-refractivity contribution in [2.75, 3.05) is 6.54 Å². The average Bonchev–Trinajstić information content (AvgIpc) is 2.78. The van der Waals surface area contributed by atoms with Crippen LogP contribution in [0.4, 0.5) is 0 Å². The van der Waals surface area contributed by atoms with Crippen LogP contribution in [-0.4, -0.2) is 19.1 Å². The highest BCUT2D eigenvalue weighted by Crippen LogP contribution is 2.14. The smallest absolute Gasteiger partial charge is 0.130 e. The Hall–Kier alpha value is -1.19. The summed E-state index contributed by atoms with van der Waals surface area (Å²) in [6.07, 6.45) is 22.3. The zero-order chi connectivity index (χ0) is 21.5. The van der Waals surface area contributed by atoms with Gasteiger partial charge in [0.1, 0.15) is 19.1 Å². The van der Waals surface area contributed by atoms with Gasteiger partial charge in [0.05, 0.1) is 12.5 Å². The van der Waals surface area contributed by atoms with Crippen molar-refractivity contribution in [2.45, 2.75) is 109 Å². The van der Waals surface area contributed by atoms with E-state index >= 15 is 0 Å². The van der Waals surface area contributed by atoms with Crippen molar-refractivity contribution in [1.82, 2.24) is 0 Å². The lowest BCUT2D eigenvalue weighted by atomic mass is 10.0. The molecule has 31 heavy (non-hydrogen) atoms. The Morgan fingerprint density at radius 2 is 1.03 bits per heavy atom. The normalized spacial score (nSPS) is 10.7. The summed E-state index contributed by atoms with van der Waals surface area (Å²) >= 11 is 0. The Morgan fingerprint density at radius 3 is 1.48 bits per heavy atom. The van der Waals surface area contributed by atoms with E-state index in [9.17, 15) is 9.59 Å². The number of hydrogen-bond acceptors (Lipinski definition) is 2. The topological polar surface area (TPSA) is 50.8 Å². The summed E-state index contributed by atoms with van der Waals surface area (Å²) in [5, 5.41) is 2.44. The van der Waals surface area contributed by atoms with Crippen LogP contribution in [0.5, 0.6) is 0 Å². The van der Waals surface area contributed by atoms with Gasteiger partial charge in [0.15, 0.2) is 0 Å². The number of halogens is 1. The molecular weight excluding hydrogens is 406 g/mol. The molecule has 3 nitrogen and oxygen atoms in total. The molecular formula is C27H46ClNO2. The van der Waals surface area contributed by atoms with E-state index in [1.807, 2.05) is 0 Å². The summed E-state index contributed by atoms with van der Waals surface area (Å²) in [6, 6.07) is 10.7. The first kappa shape index (κ1) is 29.8. The fourth-order valence-electron chi connectivity index (χ4n) is 4.02. The van der Waals surface area contributed by atoms with Crippen LogP contribution in [0.1, 0.15) is 108 Å². The maximum Gasteiger partial charge on any atom is 0.130 e. The first-order chi connectivity index (χ1) is 14.9. The van der Waals surface area contributed by atoms with Crippen molar-refractivity contribution in [3.05, 3.63) is 35.9 Å². The molecule has 1 aromatic rings. The highest BCUT2D eigenvalue weighted by molar-refractivity contribution is 5.77. The van der Waals surface area contributed by atoms with Crippen LogP contribution in [0.3, 0.4) is 0 Å². The van der Waals surface area contributed by atoms with E-state index in [2.05, 4.69) is 35.6 Å². The quantitative estimate of drug-likeness (QED) is 0.167. The average molecular weight is 452 g/mol. The molecule has 0 amide bonds. The van der Waals surface area contributed by atoms with Crippen molar-refractivity contribution in [3.63, 3.8) is 0 Å². The SMILES string of the molecule is O=CC(C=O)CCCCCCCCCCCCCCCCC[NH2+]Cc1ccccc1.[Cl-]. The van der Waals surface area contributed by atoms with Gasteiger partial charge in [-0.05, 0) is 19.3 Å². The maximum absolute atomic E-state index is 10.6. The van der Waals surface area contributed by atoms with E-state index in [0.29, 0.717) is 0 Å². The zero-order valence-corrected chi connectivity index (χ0v) is 20.4. The molecule has 1 aromatic carbocycles. The minimum atomic E-state index is -0.367. The third-order valence-corrected chi connectivity index (χ3v) is 6.02. The molecule has 0 aliphatic carbocycles. The molecule has 0 saturated carbocycles. The van der Waals surface area contributed by atoms with E-state index in [4.69, 9.17) is 0 Å². The largest absolute Gasteiger partial charge is 1.00 e. The Bertz CT molecular complexity index is 501. The molecule has 0 atom stereocenters. The zero-order valence-electron chi connectivity index (χ0n) is 19.6. The summed E-state index contributed by atoms with van der Waals surface area (Å²) in [4.78, 5) is 21.1. The van der Waals surface area contributed by atoms with Gasteiger partial charge < -0.3 is 27.3 Å². The summed E-state index contributed by atoms with van der Waals surface area (Å²) < 4.78 is 0. The monoisotopic (exact) mass is 451 g/mol. The number of benzene rings is 1. The molecule has 4 heteroatoms. The summed E-state index contributed by atoms with van der Waals surface area (Å²) in [7, 11) is 0. The molecule has 0 aliphatic heterocycles. The predicted octanol–water partition coefficient (Wildman–Crippen LogP) is 3.01. The van der Waals surface area contributed by atoms with Crippen LogP contribution in [0.2, 0.25) is 0 Å². The minimum Gasteiger partial charge on any atom is -1.00 e. The molecule has 0 heterocycles. The standard InChI is InChI=1S/C27H45NO2.ClH/c29-24-27(25-30)21-15-12-10-8-6-4-2-1-3-5-7-9-11-13-18-22-28-23-26-19-16-14-17-20-26;/h14,16-17,19-20,24-25,27-28H,1-13,15,18,21-23H2;1H. The molecule has 0 fully saturated rings. The molecule has 1 rings (SSSR count). The fraction of sp³-hybridized carbons (Fsp3) is 0.704. The highest BCUT2D eigenvalue weighted by atomic mass is 35.5. The number of nitrogens with two attached hydrogens (primary N) is 1. The van der Waals surface area contributed by atoms with Crippen LogP contribution < -0.4 is 17.7 Å². The number of unbranched alkanes of at least 4 members (excludes halogenated alkanes) is 14. The van der Waals surface area contributed by atoms with Crippen molar-refractivity contribution in [3.8, 4) is 0 Å². The first-order valence-corrected chi connectivity index (χ1v) is 12.6. The van der Waals surface area contributed by atoms with Gasteiger partial charge in [0, 0.05) is 5.56 Å². The number of quaternary nitrogens is 1. The summed E-state index contributed by atoms with van der Waals surface area (Å²) in [5.74, 6) is -0.367. The molecule has 0 bridgehead atoms. The number of carbonyl (C=O) groups is 2. The van der Waals surface area contributed by atoms with Crippen molar-refractivity contribution in [2.24, 2.45) is 5.92 Å². The summed E-state index contributed by atoms with van der Waals surface area (Å²) in [6.45, 7) is 2.37. The first-order valence-electron chi connectivity index (χ1n) is 12.6. The predicted molar refractivity (Wildman–Crippen MR) is 126 cm³/mol. The van der Waals surface area contributed by atoms with Crippen molar-refractivity contribution < 1.29 is 27.3 Å². The molecule has 0 saturated heterocycles. The minimum absolute atomic E-state index is 0. The van der Waals surface area contributed by atoms with E-state index in [1.165, 1.54) is 95.6 Å². The van der Waals surface area contributed by atoms with Crippen LogP contribution >= 0.6 is 0 Å². The number of hydrogen-bond donors (Lipinski definition) is 1. The lowest BCUT2D eigenvalue weighted by molar-refractivity contribution is -0.671. The second kappa shape index (κ2) is 23.5. The van der Waals surface area contributed by atoms with Crippen molar-refractivity contribution >= 4 is 12.6 Å². The summed E-state index contributed by atoms with van der Waals surface area (Å²) in [5.41, 5.74) is 1.43. The maximum atomic E-state index is 10.6. The van der Waals surface area contributed by atoms with E-state index in [0.717, 1.165) is 38.4 Å². The molecule has 2 N–H and O–H groups in total. The molecule has 0 aromatic heterocycles. The lowest BCUT2D eigenvalue weighted by Gasteiger charge is -2.04. The Kier molecular flexibility index (Phi) is 22.6. The van der Waals surface area contributed by atoms with E-state index in [-0.39, 0.29) is 18.3 Å². The van der Waals surface area contributed by atoms with Crippen LogP contribution in [0.15, 0.2) is 30.3 Å². The van der Waals surface area contributed by atoms with Crippen LogP contribution in [-0.2, 0) is 16.1 Å². The second-order valence-corrected chi connectivity index (χ2v) is 8.80. The molecule has 178 valence electrons. The highest BCUT2D eigenvalue weighted by Gasteiger charge is 2.04. The second-order valence-electron chi connectivity index (χ2n) is 8.80. The van der Waals surface area contributed by atoms with Gasteiger partial charge in [-0.2, -0.15) is 0 Å². The van der Waals surface area contributed by atoms with Gasteiger partial charge in [0.25, 0.3) is 0 Å².